The van der Waals surface area contributed by atoms with Gasteiger partial charge in [0.25, 0.3) is 0 Å². The maximum Gasteiger partial charge on any atom is 0.449 e. The zero-order valence-electron chi connectivity index (χ0n) is 23.0. The molecule has 1 aromatic heterocycles. The number of hydrogen-bond donors (Lipinski definition) is 1. The number of furan rings is 1. The van der Waals surface area contributed by atoms with Crippen molar-refractivity contribution in [2.45, 2.75) is 57.8 Å². The third-order valence-electron chi connectivity index (χ3n) is 6.86. The fraction of sp³-hybridized carbons (Fsp3) is 0.258. The number of sulfonamides is 1. The average Bonchev–Trinajstić information content (AvgIpc) is 3.35. The second kappa shape index (κ2) is 11.5. The number of benzene rings is 3. The fourth-order valence-corrected chi connectivity index (χ4v) is 7.05. The molecular weight excluding hydrogens is 555 g/mol. The molecule has 1 unspecified atom stereocenters. The van der Waals surface area contributed by atoms with Crippen molar-refractivity contribution in [1.29, 1.82) is 0 Å². The molecule has 4 rings (SSSR count). The van der Waals surface area contributed by atoms with E-state index < -0.39 is 40.5 Å². The Balaban J connectivity index is 1.73. The Morgan fingerprint density at radius 2 is 1.56 bits per heavy atom. The highest BCUT2D eigenvalue weighted by atomic mass is 32.2. The number of alkyl halides is 3. The number of aliphatic carboxylic acids is 1. The highest BCUT2D eigenvalue weighted by Gasteiger charge is 2.37. The van der Waals surface area contributed by atoms with Crippen LogP contribution in [-0.4, -0.2) is 23.8 Å². The Hall–Kier alpha value is -3.89. The summed E-state index contributed by atoms with van der Waals surface area (Å²) in [5, 5.41) is 9.10. The molecule has 0 aliphatic carbocycles. The monoisotopic (exact) mass is 585 g/mol. The maximum absolute atomic E-state index is 14.1. The number of hydrogen-bond acceptors (Lipinski definition) is 4. The van der Waals surface area contributed by atoms with Gasteiger partial charge in [-0.3, -0.25) is 4.79 Å². The van der Waals surface area contributed by atoms with Gasteiger partial charge in [0.2, 0.25) is 15.8 Å². The largest absolute Gasteiger partial charge is 0.481 e. The van der Waals surface area contributed by atoms with Gasteiger partial charge in [-0.1, -0.05) is 66.2 Å². The van der Waals surface area contributed by atoms with E-state index in [2.05, 4.69) is 0 Å². The lowest BCUT2D eigenvalue weighted by Crippen LogP contribution is -2.34. The first kappa shape index (κ1) is 30.1. The topological polar surface area (TPSA) is 87.8 Å². The summed E-state index contributed by atoms with van der Waals surface area (Å²) in [5.74, 6) is -2.28. The van der Waals surface area contributed by atoms with Crippen molar-refractivity contribution in [3.63, 3.8) is 0 Å². The van der Waals surface area contributed by atoms with Gasteiger partial charge in [0.05, 0.1) is 17.9 Å². The van der Waals surface area contributed by atoms with Crippen LogP contribution in [0.5, 0.6) is 0 Å². The number of carboxylic acids is 1. The summed E-state index contributed by atoms with van der Waals surface area (Å²) in [6.45, 7) is 6.50. The Morgan fingerprint density at radius 3 is 2.12 bits per heavy atom. The van der Waals surface area contributed by atoms with E-state index in [1.807, 2.05) is 13.0 Å². The number of carboxylic acid groups (broad SMARTS) is 1. The summed E-state index contributed by atoms with van der Waals surface area (Å²) in [6, 6.07) is 18.9. The van der Waals surface area contributed by atoms with Crippen molar-refractivity contribution in [2.24, 2.45) is 0 Å². The van der Waals surface area contributed by atoms with Gasteiger partial charge in [0.1, 0.15) is 5.76 Å². The molecule has 3 aromatic carbocycles. The zero-order chi connectivity index (χ0) is 30.1. The molecule has 0 saturated heterocycles. The van der Waals surface area contributed by atoms with Crippen LogP contribution in [0.25, 0.3) is 11.1 Å². The van der Waals surface area contributed by atoms with Crippen LogP contribution in [-0.2, 0) is 34.0 Å². The average molecular weight is 586 g/mol. The van der Waals surface area contributed by atoms with Crippen molar-refractivity contribution >= 4 is 16.0 Å². The molecule has 0 radical (unpaired) electrons. The molecule has 0 spiro atoms. The van der Waals surface area contributed by atoms with E-state index in [1.165, 1.54) is 0 Å². The molecule has 0 saturated carbocycles. The van der Waals surface area contributed by atoms with E-state index in [4.69, 9.17) is 9.52 Å². The first-order valence-electron chi connectivity index (χ1n) is 12.8. The molecule has 10 heteroatoms. The van der Waals surface area contributed by atoms with Gasteiger partial charge < -0.3 is 9.52 Å². The minimum Gasteiger partial charge on any atom is -0.481 e. The lowest BCUT2D eigenvalue weighted by atomic mass is 9.99. The van der Waals surface area contributed by atoms with E-state index in [9.17, 15) is 26.4 Å². The van der Waals surface area contributed by atoms with Gasteiger partial charge >= 0.3 is 12.1 Å². The lowest BCUT2D eigenvalue weighted by molar-refractivity contribution is -0.153. The first-order valence-corrected chi connectivity index (χ1v) is 14.3. The van der Waals surface area contributed by atoms with Crippen LogP contribution < -0.4 is 0 Å². The van der Waals surface area contributed by atoms with Gasteiger partial charge in [-0.15, -0.1) is 0 Å². The van der Waals surface area contributed by atoms with Gasteiger partial charge in [0, 0.05) is 6.04 Å². The minimum absolute atomic E-state index is 0.101. The van der Waals surface area contributed by atoms with E-state index in [0.29, 0.717) is 22.3 Å². The van der Waals surface area contributed by atoms with Gasteiger partial charge in [-0.25, -0.2) is 8.42 Å². The second-order valence-corrected chi connectivity index (χ2v) is 11.9. The van der Waals surface area contributed by atoms with Crippen LogP contribution in [0.15, 0.2) is 82.1 Å². The highest BCUT2D eigenvalue weighted by molar-refractivity contribution is 7.89. The van der Waals surface area contributed by atoms with Gasteiger partial charge in [0.15, 0.2) is 0 Å². The van der Waals surface area contributed by atoms with Crippen molar-refractivity contribution in [3.05, 3.63) is 112 Å². The molecule has 0 aliphatic heterocycles. The Labute approximate surface area is 237 Å². The van der Waals surface area contributed by atoms with Crippen molar-refractivity contribution in [1.82, 2.24) is 4.31 Å². The molecule has 41 heavy (non-hydrogen) atoms. The quantitative estimate of drug-likeness (QED) is 0.220. The molecule has 0 amide bonds. The van der Waals surface area contributed by atoms with Crippen LogP contribution in [0.4, 0.5) is 13.2 Å². The van der Waals surface area contributed by atoms with Gasteiger partial charge in [-0.05, 0) is 73.2 Å². The summed E-state index contributed by atoms with van der Waals surface area (Å²) in [5.41, 5.74) is 4.82. The molecule has 4 aromatic rings. The number of halogens is 3. The zero-order valence-corrected chi connectivity index (χ0v) is 23.8. The minimum atomic E-state index is -4.70. The Bertz CT molecular complexity index is 1650. The molecule has 216 valence electrons. The molecule has 1 heterocycles. The highest BCUT2D eigenvalue weighted by Crippen LogP contribution is 2.36. The number of carbonyl (C=O) groups is 1. The van der Waals surface area contributed by atoms with Crippen LogP contribution in [0.1, 0.15) is 52.3 Å². The molecule has 0 fully saturated rings. The molecule has 0 aliphatic rings. The summed E-state index contributed by atoms with van der Waals surface area (Å²) in [7, 11) is -4.19. The van der Waals surface area contributed by atoms with Gasteiger partial charge in [-0.2, -0.15) is 17.5 Å². The van der Waals surface area contributed by atoms with Crippen LogP contribution in [0.3, 0.4) is 0 Å². The SMILES string of the molecule is Cc1cc(C)c(S(=O)(=O)N(Cc2ccc(C(F)(F)F)o2)C(C)c2ccc(-c3cccc(CC(=O)O)c3)cc2)c(C)c1. The summed E-state index contributed by atoms with van der Waals surface area (Å²) in [4.78, 5) is 11.2. The summed E-state index contributed by atoms with van der Waals surface area (Å²) >= 11 is 0. The van der Waals surface area contributed by atoms with Crippen molar-refractivity contribution in [3.8, 4) is 11.1 Å². The van der Waals surface area contributed by atoms with E-state index in [1.54, 1.807) is 75.4 Å². The summed E-state index contributed by atoms with van der Waals surface area (Å²) < 4.78 is 74.1. The van der Waals surface area contributed by atoms with Crippen LogP contribution in [0.2, 0.25) is 0 Å². The molecule has 1 N–H and O–H groups in total. The second-order valence-electron chi connectivity index (χ2n) is 10.1. The Morgan fingerprint density at radius 1 is 0.927 bits per heavy atom. The van der Waals surface area contributed by atoms with E-state index in [0.717, 1.165) is 33.1 Å². The number of aryl methyl sites for hydroxylation is 3. The lowest BCUT2D eigenvalue weighted by Gasteiger charge is -2.29. The van der Waals surface area contributed by atoms with Crippen LogP contribution >= 0.6 is 0 Å². The van der Waals surface area contributed by atoms with E-state index >= 15 is 0 Å². The molecule has 1 atom stereocenters. The molecule has 6 nitrogen and oxygen atoms in total. The van der Waals surface area contributed by atoms with E-state index in [-0.39, 0.29) is 17.1 Å². The number of rotatable bonds is 9. The predicted molar refractivity (Wildman–Crippen MR) is 149 cm³/mol. The third-order valence-corrected chi connectivity index (χ3v) is 9.09. The first-order chi connectivity index (χ1) is 19.2. The van der Waals surface area contributed by atoms with Crippen molar-refractivity contribution in [2.75, 3.05) is 0 Å². The molecule has 0 bridgehead atoms. The normalized spacial score (nSPS) is 13.0. The van der Waals surface area contributed by atoms with Crippen molar-refractivity contribution < 1.29 is 35.9 Å². The third kappa shape index (κ3) is 6.71. The molecular formula is C31H30F3NO5S. The summed E-state index contributed by atoms with van der Waals surface area (Å²) in [6.07, 6.45) is -4.81. The Kier molecular flexibility index (Phi) is 8.46. The number of nitrogens with zero attached hydrogens (tertiary/aromatic N) is 1. The van der Waals surface area contributed by atoms with Crippen LogP contribution in [0, 0.1) is 20.8 Å². The standard InChI is InChI=1S/C31H30F3NO5S/c1-19-14-20(2)30(21(3)15-19)41(38,39)35(18-27-12-13-28(40-27)31(32,33)34)22(4)24-8-10-25(11-9-24)26-7-5-6-23(16-26)17-29(36)37/h5-16,22H,17-18H2,1-4H3,(H,36,37). The fourth-order valence-electron chi connectivity index (χ4n) is 5.05. The predicted octanol–water partition coefficient (Wildman–Crippen LogP) is 7.47. The smallest absolute Gasteiger partial charge is 0.449 e. The maximum atomic E-state index is 14.1.